The molecule has 6 nitrogen and oxygen atoms in total. The average molecular weight is 373 g/mol. The number of aryl methyl sites for hydroxylation is 2. The minimum Gasteiger partial charge on any atom is -0.339 e. The summed E-state index contributed by atoms with van der Waals surface area (Å²) in [6.45, 7) is 5.84. The van der Waals surface area contributed by atoms with Crippen molar-refractivity contribution in [2.24, 2.45) is 0 Å². The molecule has 0 bridgehead atoms. The van der Waals surface area contributed by atoms with Gasteiger partial charge in [0.05, 0.1) is 5.39 Å². The maximum atomic E-state index is 13.9. The Balaban J connectivity index is 1.65. The van der Waals surface area contributed by atoms with E-state index in [0.717, 1.165) is 5.56 Å². The Morgan fingerprint density at radius 3 is 2.37 bits per heavy atom. The van der Waals surface area contributed by atoms with Gasteiger partial charge in [-0.2, -0.15) is 0 Å². The van der Waals surface area contributed by atoms with Crippen molar-refractivity contribution in [3.8, 4) is 0 Å². The van der Waals surface area contributed by atoms with Gasteiger partial charge in [0.2, 0.25) is 11.8 Å². The van der Waals surface area contributed by atoms with E-state index in [9.17, 15) is 18.8 Å². The zero-order valence-corrected chi connectivity index (χ0v) is 15.7. The summed E-state index contributed by atoms with van der Waals surface area (Å²) in [5.74, 6) is -0.437. The monoisotopic (exact) mass is 373 g/mol. The molecule has 0 saturated carbocycles. The number of piperazine rings is 1. The second-order valence-corrected chi connectivity index (χ2v) is 6.89. The van der Waals surface area contributed by atoms with Crippen LogP contribution in [-0.4, -0.2) is 52.8 Å². The standard InChI is InChI=1S/C20H24FN3O3/c1-3-17(25)23-8-10-24(11-9-23)18(26)7-5-14-12-15-13(2)4-6-16(21)19(15)20(27)22-14/h4,6,12H,3,5,7-11H2,1-2H3,(H,22,27). The minimum atomic E-state index is -0.543. The van der Waals surface area contributed by atoms with Crippen molar-refractivity contribution in [3.05, 3.63) is 45.6 Å². The Morgan fingerprint density at radius 1 is 1.11 bits per heavy atom. The first-order chi connectivity index (χ1) is 12.9. The number of benzene rings is 1. The number of halogens is 1. The molecule has 1 aromatic carbocycles. The third kappa shape index (κ3) is 4.02. The van der Waals surface area contributed by atoms with E-state index in [4.69, 9.17) is 0 Å². The molecule has 0 radical (unpaired) electrons. The van der Waals surface area contributed by atoms with Crippen LogP contribution in [0.4, 0.5) is 4.39 Å². The number of nitrogens with zero attached hydrogens (tertiary/aromatic N) is 2. The van der Waals surface area contributed by atoms with Crippen LogP contribution in [0, 0.1) is 12.7 Å². The molecule has 2 heterocycles. The number of carbonyl (C=O) groups excluding carboxylic acids is 2. The molecule has 1 saturated heterocycles. The minimum absolute atomic E-state index is 0.00416. The van der Waals surface area contributed by atoms with Crippen molar-refractivity contribution in [1.82, 2.24) is 14.8 Å². The normalized spacial score (nSPS) is 14.6. The molecule has 3 rings (SSSR count). The van der Waals surface area contributed by atoms with E-state index in [2.05, 4.69) is 4.98 Å². The van der Waals surface area contributed by atoms with E-state index in [0.29, 0.717) is 50.1 Å². The number of amides is 2. The Bertz CT molecular complexity index is 930. The van der Waals surface area contributed by atoms with Crippen LogP contribution in [0.15, 0.2) is 23.0 Å². The Morgan fingerprint density at radius 2 is 1.74 bits per heavy atom. The quantitative estimate of drug-likeness (QED) is 0.891. The van der Waals surface area contributed by atoms with Crippen LogP contribution in [0.3, 0.4) is 0 Å². The molecule has 2 amide bonds. The van der Waals surface area contributed by atoms with Crippen molar-refractivity contribution in [3.63, 3.8) is 0 Å². The van der Waals surface area contributed by atoms with Gasteiger partial charge in [-0.1, -0.05) is 13.0 Å². The molecule has 1 aromatic heterocycles. The zero-order valence-electron chi connectivity index (χ0n) is 15.7. The maximum Gasteiger partial charge on any atom is 0.259 e. The number of pyridine rings is 1. The topological polar surface area (TPSA) is 73.5 Å². The lowest BCUT2D eigenvalue weighted by atomic mass is 10.0. The second kappa shape index (κ2) is 7.90. The smallest absolute Gasteiger partial charge is 0.259 e. The molecular weight excluding hydrogens is 349 g/mol. The van der Waals surface area contributed by atoms with E-state index in [1.54, 1.807) is 21.9 Å². The number of carbonyl (C=O) groups is 2. The SMILES string of the molecule is CCC(=O)N1CCN(C(=O)CCc2cc3c(C)ccc(F)c3c(=O)[nH]2)CC1. The van der Waals surface area contributed by atoms with E-state index in [1.807, 2.05) is 13.8 Å². The first kappa shape index (κ1) is 19.1. The predicted octanol–water partition coefficient (Wildman–Crippen LogP) is 1.99. The molecule has 1 N–H and O–H groups in total. The van der Waals surface area contributed by atoms with Gasteiger partial charge in [0.15, 0.2) is 0 Å². The van der Waals surface area contributed by atoms with Gasteiger partial charge in [-0.15, -0.1) is 0 Å². The third-order valence-corrected chi connectivity index (χ3v) is 5.13. The fourth-order valence-corrected chi connectivity index (χ4v) is 3.50. The number of fused-ring (bicyclic) bond motifs is 1. The number of nitrogens with one attached hydrogen (secondary N) is 1. The fraction of sp³-hybridized carbons (Fsp3) is 0.450. The molecular formula is C20H24FN3O3. The van der Waals surface area contributed by atoms with Crippen LogP contribution in [-0.2, 0) is 16.0 Å². The summed E-state index contributed by atoms with van der Waals surface area (Å²) in [5, 5.41) is 0.634. The molecule has 1 aliphatic heterocycles. The van der Waals surface area contributed by atoms with E-state index in [-0.39, 0.29) is 23.6 Å². The zero-order chi connectivity index (χ0) is 19.6. The van der Waals surface area contributed by atoms with Crippen molar-refractivity contribution < 1.29 is 14.0 Å². The van der Waals surface area contributed by atoms with Crippen molar-refractivity contribution in [2.75, 3.05) is 26.2 Å². The molecule has 27 heavy (non-hydrogen) atoms. The second-order valence-electron chi connectivity index (χ2n) is 6.89. The molecule has 0 unspecified atom stereocenters. The third-order valence-electron chi connectivity index (χ3n) is 5.13. The highest BCUT2D eigenvalue weighted by atomic mass is 19.1. The van der Waals surface area contributed by atoms with E-state index < -0.39 is 11.4 Å². The predicted molar refractivity (Wildman–Crippen MR) is 101 cm³/mol. The highest BCUT2D eigenvalue weighted by Gasteiger charge is 2.23. The number of H-pyrrole nitrogens is 1. The summed E-state index contributed by atoms with van der Waals surface area (Å²) in [7, 11) is 0. The Labute approximate surface area is 157 Å². The van der Waals surface area contributed by atoms with Crippen molar-refractivity contribution in [1.29, 1.82) is 0 Å². The molecule has 144 valence electrons. The number of aromatic amines is 1. The lowest BCUT2D eigenvalue weighted by Crippen LogP contribution is -2.50. The molecule has 1 aliphatic rings. The largest absolute Gasteiger partial charge is 0.339 e. The lowest BCUT2D eigenvalue weighted by Gasteiger charge is -2.34. The van der Waals surface area contributed by atoms with Gasteiger partial charge in [-0.3, -0.25) is 14.4 Å². The van der Waals surface area contributed by atoms with Gasteiger partial charge < -0.3 is 14.8 Å². The molecule has 0 aliphatic carbocycles. The van der Waals surface area contributed by atoms with Gasteiger partial charge in [0, 0.05) is 44.7 Å². The van der Waals surface area contributed by atoms with Crippen LogP contribution < -0.4 is 5.56 Å². The average Bonchev–Trinajstić information content (AvgIpc) is 2.68. The van der Waals surface area contributed by atoms with E-state index >= 15 is 0 Å². The van der Waals surface area contributed by atoms with Crippen LogP contribution in [0.5, 0.6) is 0 Å². The molecule has 0 spiro atoms. The Hall–Kier alpha value is -2.70. The summed E-state index contributed by atoms with van der Waals surface area (Å²) in [5.41, 5.74) is 0.971. The highest BCUT2D eigenvalue weighted by Crippen LogP contribution is 2.19. The Kier molecular flexibility index (Phi) is 5.58. The lowest BCUT2D eigenvalue weighted by molar-refractivity contribution is -0.139. The molecule has 2 aromatic rings. The van der Waals surface area contributed by atoms with Gasteiger partial charge in [-0.05, 0) is 36.4 Å². The van der Waals surface area contributed by atoms with Gasteiger partial charge in [0.25, 0.3) is 5.56 Å². The molecule has 7 heteroatoms. The first-order valence-electron chi connectivity index (χ1n) is 9.27. The summed E-state index contributed by atoms with van der Waals surface area (Å²) < 4.78 is 13.9. The summed E-state index contributed by atoms with van der Waals surface area (Å²) in [6, 6.07) is 4.68. The van der Waals surface area contributed by atoms with Gasteiger partial charge >= 0.3 is 0 Å². The van der Waals surface area contributed by atoms with Gasteiger partial charge in [0.1, 0.15) is 5.82 Å². The highest BCUT2D eigenvalue weighted by molar-refractivity contribution is 5.85. The van der Waals surface area contributed by atoms with Crippen LogP contribution in [0.2, 0.25) is 0 Å². The number of hydrogen-bond donors (Lipinski definition) is 1. The van der Waals surface area contributed by atoms with Crippen molar-refractivity contribution >= 4 is 22.6 Å². The fourth-order valence-electron chi connectivity index (χ4n) is 3.50. The molecule has 0 atom stereocenters. The van der Waals surface area contributed by atoms with Gasteiger partial charge in [-0.25, -0.2) is 4.39 Å². The first-order valence-corrected chi connectivity index (χ1v) is 9.27. The number of hydrogen-bond acceptors (Lipinski definition) is 3. The van der Waals surface area contributed by atoms with Crippen molar-refractivity contribution in [2.45, 2.75) is 33.1 Å². The summed E-state index contributed by atoms with van der Waals surface area (Å²) in [4.78, 5) is 42.6. The number of rotatable bonds is 4. The summed E-state index contributed by atoms with van der Waals surface area (Å²) >= 11 is 0. The number of aromatic nitrogens is 1. The van der Waals surface area contributed by atoms with Crippen LogP contribution in [0.25, 0.3) is 10.8 Å². The van der Waals surface area contributed by atoms with Crippen LogP contribution in [0.1, 0.15) is 31.0 Å². The molecule has 1 fully saturated rings. The summed E-state index contributed by atoms with van der Waals surface area (Å²) in [6.07, 6.45) is 1.12. The van der Waals surface area contributed by atoms with E-state index in [1.165, 1.54) is 6.07 Å². The maximum absolute atomic E-state index is 13.9. The van der Waals surface area contributed by atoms with Crippen LogP contribution >= 0.6 is 0 Å².